The molecule has 0 saturated carbocycles. The van der Waals surface area contributed by atoms with E-state index >= 15 is 0 Å². The number of nitrogens with one attached hydrogen (secondary N) is 2. The first-order valence-corrected chi connectivity index (χ1v) is 9.53. The van der Waals surface area contributed by atoms with E-state index in [0.717, 1.165) is 35.6 Å². The van der Waals surface area contributed by atoms with Gasteiger partial charge in [0.1, 0.15) is 5.69 Å². The van der Waals surface area contributed by atoms with Crippen LogP contribution in [0.15, 0.2) is 54.7 Å². The molecule has 0 aliphatic carbocycles. The molecule has 1 fully saturated rings. The fourth-order valence-corrected chi connectivity index (χ4v) is 3.42. The van der Waals surface area contributed by atoms with Gasteiger partial charge in [0.05, 0.1) is 12.7 Å². The van der Waals surface area contributed by atoms with Gasteiger partial charge >= 0.3 is 0 Å². The van der Waals surface area contributed by atoms with Crippen molar-refractivity contribution in [3.8, 4) is 11.3 Å². The van der Waals surface area contributed by atoms with Crippen LogP contribution in [0.4, 0.5) is 5.69 Å². The second kappa shape index (κ2) is 7.20. The van der Waals surface area contributed by atoms with E-state index in [2.05, 4.69) is 34.8 Å². The molecule has 0 spiro atoms. The van der Waals surface area contributed by atoms with E-state index in [4.69, 9.17) is 0 Å². The van der Waals surface area contributed by atoms with Crippen LogP contribution in [0.25, 0.3) is 11.3 Å². The molecule has 0 radical (unpaired) electrons. The highest BCUT2D eigenvalue weighted by Crippen LogP contribution is 2.29. The third-order valence-electron chi connectivity index (χ3n) is 5.47. The molecule has 1 amide bonds. The fourth-order valence-electron chi connectivity index (χ4n) is 3.42. The fraction of sp³-hybridized carbons (Fsp3) is 0.318. The predicted octanol–water partition coefficient (Wildman–Crippen LogP) is 3.50. The molecule has 0 bridgehead atoms. The Hall–Kier alpha value is -2.99. The second-order valence-electron chi connectivity index (χ2n) is 8.10. The summed E-state index contributed by atoms with van der Waals surface area (Å²) in [6.45, 7) is 8.25. The summed E-state index contributed by atoms with van der Waals surface area (Å²) >= 11 is 0. The molecule has 28 heavy (non-hydrogen) atoms. The number of benzene rings is 2. The minimum absolute atomic E-state index is 0.127. The normalized spacial score (nSPS) is 17.8. The van der Waals surface area contributed by atoms with E-state index < -0.39 is 0 Å². The summed E-state index contributed by atoms with van der Waals surface area (Å²) in [5, 5.41) is 15.0. The lowest BCUT2D eigenvalue weighted by atomic mass is 9.77. The molecule has 6 nitrogen and oxygen atoms in total. The molecule has 144 valence electrons. The van der Waals surface area contributed by atoms with E-state index in [0.29, 0.717) is 11.6 Å². The summed E-state index contributed by atoms with van der Waals surface area (Å²) in [4.78, 5) is 12.7. The molecule has 2 N–H and O–H groups in total. The number of carbonyl (C=O) groups is 1. The van der Waals surface area contributed by atoms with Crippen LogP contribution in [-0.2, 0) is 6.54 Å². The van der Waals surface area contributed by atoms with E-state index in [-0.39, 0.29) is 11.3 Å². The maximum Gasteiger partial charge on any atom is 0.255 e. The van der Waals surface area contributed by atoms with Gasteiger partial charge in [-0.25, -0.2) is 0 Å². The minimum Gasteiger partial charge on any atom is -0.322 e. The highest BCUT2D eigenvalue weighted by atomic mass is 16.1. The number of anilines is 1. The first-order valence-electron chi connectivity index (χ1n) is 9.53. The molecule has 1 atom stereocenters. The van der Waals surface area contributed by atoms with Gasteiger partial charge in [-0.1, -0.05) is 49.4 Å². The predicted molar refractivity (Wildman–Crippen MR) is 110 cm³/mol. The molecule has 1 aromatic heterocycles. The van der Waals surface area contributed by atoms with Gasteiger partial charge in [0, 0.05) is 29.4 Å². The van der Waals surface area contributed by atoms with Crippen LogP contribution in [0.5, 0.6) is 0 Å². The zero-order chi connectivity index (χ0) is 19.7. The third-order valence-corrected chi connectivity index (χ3v) is 5.47. The molecule has 4 rings (SSSR count). The summed E-state index contributed by atoms with van der Waals surface area (Å²) in [5.74, 6) is -0.127. The first-order chi connectivity index (χ1) is 13.4. The number of hydrogen-bond acceptors (Lipinski definition) is 4. The lowest BCUT2D eigenvalue weighted by Crippen LogP contribution is -2.61. The summed E-state index contributed by atoms with van der Waals surface area (Å²) in [6, 6.07) is 15.7. The van der Waals surface area contributed by atoms with Crippen molar-refractivity contribution in [3.05, 3.63) is 65.9 Å². The smallest absolute Gasteiger partial charge is 0.255 e. The van der Waals surface area contributed by atoms with Crippen LogP contribution in [0, 0.1) is 12.3 Å². The van der Waals surface area contributed by atoms with Crippen LogP contribution in [0.3, 0.4) is 0 Å². The monoisotopic (exact) mass is 375 g/mol. The number of rotatable bonds is 5. The van der Waals surface area contributed by atoms with Crippen molar-refractivity contribution >= 4 is 11.6 Å². The Kier molecular flexibility index (Phi) is 4.73. The van der Waals surface area contributed by atoms with E-state index in [1.165, 1.54) is 0 Å². The zero-order valence-electron chi connectivity index (χ0n) is 16.4. The van der Waals surface area contributed by atoms with Gasteiger partial charge < -0.3 is 10.6 Å². The Morgan fingerprint density at radius 1 is 1.25 bits per heavy atom. The van der Waals surface area contributed by atoms with Gasteiger partial charge in [0.15, 0.2) is 0 Å². The number of carbonyl (C=O) groups excluding carboxylic acids is 1. The number of nitrogens with zero attached hydrogens (tertiary/aromatic N) is 3. The number of amides is 1. The Morgan fingerprint density at radius 2 is 2.04 bits per heavy atom. The van der Waals surface area contributed by atoms with E-state index in [1.54, 1.807) is 0 Å². The Balaban J connectivity index is 1.53. The number of aromatic nitrogens is 3. The quantitative estimate of drug-likeness (QED) is 0.716. The summed E-state index contributed by atoms with van der Waals surface area (Å²) < 4.78 is 1.87. The van der Waals surface area contributed by atoms with Crippen molar-refractivity contribution in [3.63, 3.8) is 0 Å². The van der Waals surface area contributed by atoms with Gasteiger partial charge in [-0.3, -0.25) is 9.48 Å². The number of para-hydroxylation sites is 1. The average Bonchev–Trinajstić information content (AvgIpc) is 3.15. The van der Waals surface area contributed by atoms with Crippen molar-refractivity contribution < 1.29 is 4.79 Å². The van der Waals surface area contributed by atoms with Crippen LogP contribution >= 0.6 is 0 Å². The summed E-state index contributed by atoms with van der Waals surface area (Å²) in [6.07, 6.45) is 1.94. The van der Waals surface area contributed by atoms with Crippen molar-refractivity contribution in [2.45, 2.75) is 33.4 Å². The summed E-state index contributed by atoms with van der Waals surface area (Å²) in [7, 11) is 0. The first kappa shape index (κ1) is 18.4. The molecule has 3 aromatic rings. The SMILES string of the molecule is Cc1ccc(-c2cn(CC3NCC3(C)C)nn2)cc1C(=O)Nc1ccccc1. The maximum atomic E-state index is 12.7. The molecule has 2 aromatic carbocycles. The Bertz CT molecular complexity index is 993. The van der Waals surface area contributed by atoms with E-state index in [1.807, 2.05) is 66.3 Å². The highest BCUT2D eigenvalue weighted by molar-refractivity contribution is 6.05. The lowest BCUT2D eigenvalue weighted by Gasteiger charge is -2.45. The maximum absolute atomic E-state index is 12.7. The molecular formula is C22H25N5O. The minimum atomic E-state index is -0.127. The molecular weight excluding hydrogens is 350 g/mol. The Labute approximate surface area is 165 Å². The largest absolute Gasteiger partial charge is 0.322 e. The van der Waals surface area contributed by atoms with Crippen molar-refractivity contribution in [1.29, 1.82) is 0 Å². The molecule has 1 unspecified atom stereocenters. The van der Waals surface area contributed by atoms with Gasteiger partial charge in [-0.2, -0.15) is 0 Å². The van der Waals surface area contributed by atoms with Crippen molar-refractivity contribution in [2.75, 3.05) is 11.9 Å². The van der Waals surface area contributed by atoms with E-state index in [9.17, 15) is 4.79 Å². The van der Waals surface area contributed by atoms with Crippen LogP contribution in [0.2, 0.25) is 0 Å². The second-order valence-corrected chi connectivity index (χ2v) is 8.10. The number of hydrogen-bond donors (Lipinski definition) is 2. The zero-order valence-corrected chi connectivity index (χ0v) is 16.4. The van der Waals surface area contributed by atoms with Gasteiger partial charge in [0.25, 0.3) is 5.91 Å². The summed E-state index contributed by atoms with van der Waals surface area (Å²) in [5.41, 5.74) is 4.27. The van der Waals surface area contributed by atoms with Gasteiger partial charge in [0.2, 0.25) is 0 Å². The van der Waals surface area contributed by atoms with Gasteiger partial charge in [-0.15, -0.1) is 5.10 Å². The molecule has 6 heteroatoms. The standard InChI is InChI=1S/C22H25N5O/c1-15-9-10-16(11-18(15)21(28)24-17-7-5-4-6-8-17)19-12-27(26-25-19)13-20-22(2,3)14-23-20/h4-12,20,23H,13-14H2,1-3H3,(H,24,28). The molecule has 1 saturated heterocycles. The van der Waals surface area contributed by atoms with Crippen LogP contribution in [-0.4, -0.2) is 33.5 Å². The highest BCUT2D eigenvalue weighted by Gasteiger charge is 2.38. The third kappa shape index (κ3) is 3.68. The topological polar surface area (TPSA) is 71.8 Å². The number of aryl methyl sites for hydroxylation is 1. The van der Waals surface area contributed by atoms with Crippen LogP contribution in [0.1, 0.15) is 29.8 Å². The van der Waals surface area contributed by atoms with Crippen molar-refractivity contribution in [1.82, 2.24) is 20.3 Å². The molecule has 1 aliphatic heterocycles. The average molecular weight is 375 g/mol. The lowest BCUT2D eigenvalue weighted by molar-refractivity contribution is 0.102. The van der Waals surface area contributed by atoms with Gasteiger partial charge in [-0.05, 0) is 36.1 Å². The molecule has 1 aliphatic rings. The van der Waals surface area contributed by atoms with Crippen LogP contribution < -0.4 is 10.6 Å². The van der Waals surface area contributed by atoms with Crippen molar-refractivity contribution in [2.24, 2.45) is 5.41 Å². The molecule has 2 heterocycles. The Morgan fingerprint density at radius 3 is 2.71 bits per heavy atom.